The molecule has 21 heavy (non-hydrogen) atoms. The van der Waals surface area contributed by atoms with Gasteiger partial charge in [-0.1, -0.05) is 35.1 Å². The summed E-state index contributed by atoms with van der Waals surface area (Å²) in [5, 5.41) is 26.2. The highest BCUT2D eigenvalue weighted by atomic mass is 35.5. The van der Waals surface area contributed by atoms with Crippen molar-refractivity contribution >= 4 is 35.0 Å². The lowest BCUT2D eigenvalue weighted by Crippen LogP contribution is -2.09. The molecular formula is C13H7ClN6S. The van der Waals surface area contributed by atoms with E-state index in [1.165, 1.54) is 6.21 Å². The Kier molecular flexibility index (Phi) is 4.62. The summed E-state index contributed by atoms with van der Waals surface area (Å²) in [6.07, 6.45) is 1.52. The Hall–Kier alpha value is -2.74. The van der Waals surface area contributed by atoms with E-state index < -0.39 is 0 Å². The monoisotopic (exact) mass is 314 g/mol. The fraction of sp³-hybridized carbons (Fsp3) is 0. The van der Waals surface area contributed by atoms with Gasteiger partial charge in [0.2, 0.25) is 4.80 Å². The molecule has 0 spiro atoms. The number of halogens is 1. The van der Waals surface area contributed by atoms with Crippen molar-refractivity contribution in [2.45, 2.75) is 0 Å². The van der Waals surface area contributed by atoms with Crippen molar-refractivity contribution in [3.8, 4) is 12.1 Å². The van der Waals surface area contributed by atoms with Crippen molar-refractivity contribution in [3.05, 3.63) is 50.1 Å². The predicted molar refractivity (Wildman–Crippen MR) is 80.6 cm³/mol. The van der Waals surface area contributed by atoms with Crippen LogP contribution < -0.4 is 10.5 Å². The molecule has 0 aliphatic heterocycles. The lowest BCUT2D eigenvalue weighted by Gasteiger charge is -1.96. The molecular weight excluding hydrogens is 308 g/mol. The molecule has 2 aromatic rings. The highest BCUT2D eigenvalue weighted by molar-refractivity contribution is 7.09. The number of nitrogens with two attached hydrogens (primary N) is 1. The van der Waals surface area contributed by atoms with Crippen LogP contribution in [0.3, 0.4) is 0 Å². The van der Waals surface area contributed by atoms with E-state index in [1.807, 2.05) is 12.1 Å². The van der Waals surface area contributed by atoms with E-state index >= 15 is 0 Å². The van der Waals surface area contributed by atoms with Gasteiger partial charge in [0.1, 0.15) is 28.4 Å². The molecule has 0 saturated carbocycles. The summed E-state index contributed by atoms with van der Waals surface area (Å²) >= 11 is 6.72. The predicted octanol–water partition coefficient (Wildman–Crippen LogP) is 2.06. The molecule has 8 heteroatoms. The quantitative estimate of drug-likeness (QED) is 0.675. The minimum absolute atomic E-state index is 0.0340. The molecule has 0 fully saturated rings. The van der Waals surface area contributed by atoms with Crippen molar-refractivity contribution in [2.24, 2.45) is 10.2 Å². The Morgan fingerprint density at radius 2 is 1.95 bits per heavy atom. The van der Waals surface area contributed by atoms with Crippen LogP contribution in [0, 0.1) is 22.7 Å². The van der Waals surface area contributed by atoms with Gasteiger partial charge in [0, 0.05) is 5.02 Å². The molecule has 0 aliphatic rings. The third kappa shape index (κ3) is 3.63. The molecule has 6 nitrogen and oxygen atoms in total. The van der Waals surface area contributed by atoms with E-state index in [4.69, 9.17) is 27.9 Å². The van der Waals surface area contributed by atoms with Gasteiger partial charge in [-0.05, 0) is 17.7 Å². The summed E-state index contributed by atoms with van der Waals surface area (Å²) in [6, 6.07) is 10.8. The average Bonchev–Trinajstić information content (AvgIpc) is 2.48. The zero-order chi connectivity index (χ0) is 15.2. The van der Waals surface area contributed by atoms with E-state index in [0.717, 1.165) is 16.9 Å². The minimum atomic E-state index is -0.0340. The van der Waals surface area contributed by atoms with Crippen LogP contribution in [0.5, 0.6) is 0 Å². The third-order valence-corrected chi connectivity index (χ3v) is 3.43. The molecule has 1 aromatic heterocycles. The number of anilines is 1. The van der Waals surface area contributed by atoms with Gasteiger partial charge >= 0.3 is 0 Å². The first-order valence-corrected chi connectivity index (χ1v) is 6.77. The Labute approximate surface area is 129 Å². The molecule has 0 atom stereocenters. The molecule has 1 aromatic carbocycles. The average molecular weight is 315 g/mol. The summed E-state index contributed by atoms with van der Waals surface area (Å²) in [7, 11) is 0. The lowest BCUT2D eigenvalue weighted by molar-refractivity contribution is 1.10. The van der Waals surface area contributed by atoms with Gasteiger partial charge in [-0.3, -0.25) is 0 Å². The number of aromatic nitrogens is 1. The molecule has 2 N–H and O–H groups in total. The largest absolute Gasteiger partial charge is 0.382 e. The summed E-state index contributed by atoms with van der Waals surface area (Å²) in [6.45, 7) is 0. The number of nitrogen functional groups attached to an aromatic ring is 1. The maximum atomic E-state index is 8.96. The Bertz CT molecular complexity index is 839. The molecule has 0 radical (unpaired) electrons. The zero-order valence-corrected chi connectivity index (χ0v) is 12.1. The number of rotatable bonds is 2. The smallest absolute Gasteiger partial charge is 0.233 e. The second kappa shape index (κ2) is 6.62. The first-order chi connectivity index (χ1) is 10.1. The van der Waals surface area contributed by atoms with Crippen LogP contribution in [0.2, 0.25) is 5.02 Å². The van der Waals surface area contributed by atoms with E-state index in [0.29, 0.717) is 5.02 Å². The second-order valence-corrected chi connectivity index (χ2v) is 5.12. The van der Waals surface area contributed by atoms with Gasteiger partial charge in [-0.25, -0.2) is 0 Å². The number of nitrogens with zero attached hydrogens (tertiary/aromatic N) is 5. The normalized spacial score (nSPS) is 11.3. The van der Waals surface area contributed by atoms with Gasteiger partial charge in [-0.2, -0.15) is 20.6 Å². The van der Waals surface area contributed by atoms with Crippen LogP contribution in [0.25, 0.3) is 0 Å². The first kappa shape index (κ1) is 14.7. The van der Waals surface area contributed by atoms with Gasteiger partial charge in [0.25, 0.3) is 0 Å². The number of benzene rings is 1. The zero-order valence-electron chi connectivity index (χ0n) is 10.5. The Morgan fingerprint density at radius 1 is 1.24 bits per heavy atom. The maximum Gasteiger partial charge on any atom is 0.233 e. The van der Waals surface area contributed by atoms with Crippen molar-refractivity contribution in [1.82, 2.24) is 4.98 Å². The fourth-order valence-corrected chi connectivity index (χ4v) is 2.20. The molecule has 102 valence electrons. The summed E-state index contributed by atoms with van der Waals surface area (Å²) in [5.41, 5.74) is 6.48. The van der Waals surface area contributed by atoms with E-state index in [9.17, 15) is 0 Å². The highest BCUT2D eigenvalue weighted by Crippen LogP contribution is 2.13. The molecule has 0 unspecified atom stereocenters. The van der Waals surface area contributed by atoms with Crippen molar-refractivity contribution in [1.29, 1.82) is 10.5 Å². The van der Waals surface area contributed by atoms with Crippen LogP contribution in [0.4, 0.5) is 5.82 Å². The van der Waals surface area contributed by atoms with Crippen LogP contribution in [0.15, 0.2) is 34.5 Å². The summed E-state index contributed by atoms with van der Waals surface area (Å²) in [4.78, 5) is 4.28. The van der Waals surface area contributed by atoms with Gasteiger partial charge in [-0.15, -0.1) is 5.10 Å². The molecule has 0 bridgehead atoms. The fourth-order valence-electron chi connectivity index (χ4n) is 1.36. The number of hydrogen-bond acceptors (Lipinski definition) is 7. The number of nitriles is 2. The van der Waals surface area contributed by atoms with E-state index in [2.05, 4.69) is 15.2 Å². The second-order valence-electron chi connectivity index (χ2n) is 3.71. The van der Waals surface area contributed by atoms with Crippen LogP contribution >= 0.6 is 22.9 Å². The molecule has 0 amide bonds. The maximum absolute atomic E-state index is 8.96. The minimum Gasteiger partial charge on any atom is -0.382 e. The molecule has 1 heterocycles. The standard InChI is InChI=1S/C13H7ClN6S/c14-9-3-1-8(2-4-9)7-18-20-13-19-12(17)10(5-15)11(6-16)21-13/h1-4,7H,(H2,17,19,20)/b18-7+. The highest BCUT2D eigenvalue weighted by Gasteiger charge is 2.08. The Morgan fingerprint density at radius 3 is 2.57 bits per heavy atom. The van der Waals surface area contributed by atoms with Crippen LogP contribution in [0.1, 0.15) is 16.0 Å². The third-order valence-electron chi connectivity index (χ3n) is 2.33. The first-order valence-electron chi connectivity index (χ1n) is 5.57. The van der Waals surface area contributed by atoms with Crippen molar-refractivity contribution in [3.63, 3.8) is 0 Å². The Balaban J connectivity index is 2.35. The van der Waals surface area contributed by atoms with Crippen molar-refractivity contribution in [2.75, 3.05) is 5.73 Å². The summed E-state index contributed by atoms with van der Waals surface area (Å²) < 4.78 is 0. The molecule has 0 saturated heterocycles. The van der Waals surface area contributed by atoms with Gasteiger partial charge in [0.05, 0.1) is 6.21 Å². The lowest BCUT2D eigenvalue weighted by atomic mass is 10.2. The topological polar surface area (TPSA) is 111 Å². The molecule has 2 rings (SSSR count). The SMILES string of the molecule is N#Cc1s/c(=N\N=C\c2ccc(Cl)cc2)nc(N)c1C#N. The van der Waals surface area contributed by atoms with E-state index in [-0.39, 0.29) is 21.1 Å². The molecule has 0 aliphatic carbocycles. The number of hydrogen-bond donors (Lipinski definition) is 1. The van der Waals surface area contributed by atoms with Crippen molar-refractivity contribution < 1.29 is 0 Å². The summed E-state index contributed by atoms with van der Waals surface area (Å²) in [5.74, 6) is -0.0340. The van der Waals surface area contributed by atoms with Crippen LogP contribution in [-0.4, -0.2) is 11.2 Å². The van der Waals surface area contributed by atoms with Gasteiger partial charge in [0.15, 0.2) is 0 Å². The van der Waals surface area contributed by atoms with Gasteiger partial charge < -0.3 is 5.73 Å². The van der Waals surface area contributed by atoms with Crippen LogP contribution in [-0.2, 0) is 0 Å². The van der Waals surface area contributed by atoms with E-state index in [1.54, 1.807) is 24.3 Å².